The molecule has 7 heteroatoms. The molecule has 0 radical (unpaired) electrons. The number of carbonyl (C=O) groups is 1. The van der Waals surface area contributed by atoms with Crippen LogP contribution in [0.25, 0.3) is 11.0 Å². The van der Waals surface area contributed by atoms with Gasteiger partial charge in [-0.3, -0.25) is 9.59 Å². The van der Waals surface area contributed by atoms with Gasteiger partial charge in [0.2, 0.25) is 5.43 Å². The highest BCUT2D eigenvalue weighted by molar-refractivity contribution is 6.06. The summed E-state index contributed by atoms with van der Waals surface area (Å²) >= 11 is 0. The van der Waals surface area contributed by atoms with Gasteiger partial charge < -0.3 is 19.4 Å². The van der Waals surface area contributed by atoms with E-state index in [4.69, 9.17) is 9.47 Å². The largest absolute Gasteiger partial charge is 0.497 e. The second kappa shape index (κ2) is 7.49. The van der Waals surface area contributed by atoms with Gasteiger partial charge in [-0.2, -0.15) is 0 Å². The second-order valence-electron chi connectivity index (χ2n) is 6.00. The van der Waals surface area contributed by atoms with Gasteiger partial charge in [0.05, 0.1) is 25.3 Å². The fourth-order valence-corrected chi connectivity index (χ4v) is 2.86. The molecule has 0 unspecified atom stereocenters. The highest BCUT2D eigenvalue weighted by Crippen LogP contribution is 2.29. The molecular weight excluding hydrogens is 346 g/mol. The van der Waals surface area contributed by atoms with E-state index in [1.807, 2.05) is 13.8 Å². The number of hydrogen-bond donors (Lipinski definition) is 1. The average Bonchev–Trinajstić information content (AvgIpc) is 2.68. The molecule has 3 aromatic rings. The molecule has 3 rings (SSSR count). The van der Waals surface area contributed by atoms with Crippen LogP contribution in [0, 0.1) is 6.92 Å². The molecular formula is C20H21N3O4. The van der Waals surface area contributed by atoms with Crippen LogP contribution < -0.4 is 20.2 Å². The van der Waals surface area contributed by atoms with E-state index in [0.29, 0.717) is 34.8 Å². The minimum Gasteiger partial charge on any atom is -0.497 e. The Morgan fingerprint density at radius 3 is 2.63 bits per heavy atom. The Bertz CT molecular complexity index is 1070. The van der Waals surface area contributed by atoms with Crippen LogP contribution in [-0.4, -0.2) is 29.7 Å². The number of anilines is 1. The SMILES string of the molecule is CCn1cc(C(=O)Nc2cc(OC)ccc2OC)c(=O)c2ccc(C)nc21. The fraction of sp³-hybridized carbons (Fsp3) is 0.250. The zero-order valence-corrected chi connectivity index (χ0v) is 15.7. The van der Waals surface area contributed by atoms with Gasteiger partial charge in [-0.15, -0.1) is 0 Å². The molecule has 2 heterocycles. The molecule has 1 aromatic carbocycles. The first kappa shape index (κ1) is 18.4. The molecule has 140 valence electrons. The van der Waals surface area contributed by atoms with Crippen molar-refractivity contribution in [3.63, 3.8) is 0 Å². The van der Waals surface area contributed by atoms with Gasteiger partial charge in [-0.05, 0) is 38.1 Å². The van der Waals surface area contributed by atoms with Crippen molar-refractivity contribution in [1.29, 1.82) is 0 Å². The van der Waals surface area contributed by atoms with Crippen molar-refractivity contribution < 1.29 is 14.3 Å². The van der Waals surface area contributed by atoms with E-state index in [2.05, 4.69) is 10.3 Å². The molecule has 0 saturated carbocycles. The van der Waals surface area contributed by atoms with Crippen LogP contribution in [0.3, 0.4) is 0 Å². The summed E-state index contributed by atoms with van der Waals surface area (Å²) in [5.74, 6) is 0.518. The van der Waals surface area contributed by atoms with Gasteiger partial charge in [0.1, 0.15) is 22.7 Å². The second-order valence-corrected chi connectivity index (χ2v) is 6.00. The third kappa shape index (κ3) is 3.48. The van der Waals surface area contributed by atoms with Gasteiger partial charge in [0, 0.05) is 24.5 Å². The molecule has 1 N–H and O–H groups in total. The molecule has 0 aliphatic heterocycles. The lowest BCUT2D eigenvalue weighted by Crippen LogP contribution is -2.24. The molecule has 0 aliphatic rings. The van der Waals surface area contributed by atoms with E-state index in [1.54, 1.807) is 41.1 Å². The van der Waals surface area contributed by atoms with E-state index in [1.165, 1.54) is 14.2 Å². The smallest absolute Gasteiger partial charge is 0.261 e. The quantitative estimate of drug-likeness (QED) is 0.750. The number of aryl methyl sites for hydroxylation is 2. The predicted octanol–water partition coefficient (Wildman–Crippen LogP) is 2.99. The van der Waals surface area contributed by atoms with E-state index in [9.17, 15) is 9.59 Å². The van der Waals surface area contributed by atoms with Crippen LogP contribution in [0.2, 0.25) is 0 Å². The lowest BCUT2D eigenvalue weighted by atomic mass is 10.1. The monoisotopic (exact) mass is 367 g/mol. The van der Waals surface area contributed by atoms with E-state index in [0.717, 1.165) is 5.69 Å². The van der Waals surface area contributed by atoms with E-state index >= 15 is 0 Å². The number of amides is 1. The van der Waals surface area contributed by atoms with Crippen LogP contribution in [0.5, 0.6) is 11.5 Å². The van der Waals surface area contributed by atoms with Gasteiger partial charge in [0.15, 0.2) is 0 Å². The third-order valence-electron chi connectivity index (χ3n) is 4.30. The summed E-state index contributed by atoms with van der Waals surface area (Å²) in [5.41, 5.74) is 1.48. The van der Waals surface area contributed by atoms with E-state index < -0.39 is 5.91 Å². The predicted molar refractivity (Wildman–Crippen MR) is 104 cm³/mol. The normalized spacial score (nSPS) is 10.7. The number of carbonyl (C=O) groups excluding carboxylic acids is 1. The standard InChI is InChI=1S/C20H21N3O4/c1-5-23-11-15(18(24)14-8-6-12(2)21-19(14)23)20(25)22-16-10-13(26-3)7-9-17(16)27-4/h6-11H,5H2,1-4H3,(H,22,25). The minimum absolute atomic E-state index is 0.0416. The number of nitrogens with zero attached hydrogens (tertiary/aromatic N) is 2. The molecule has 0 spiro atoms. The molecule has 2 aromatic heterocycles. The topological polar surface area (TPSA) is 82.5 Å². The number of benzene rings is 1. The Labute approximate surface area is 156 Å². The first-order valence-electron chi connectivity index (χ1n) is 8.52. The zero-order chi connectivity index (χ0) is 19.6. The van der Waals surface area contributed by atoms with Crippen molar-refractivity contribution in [2.75, 3.05) is 19.5 Å². The maximum atomic E-state index is 12.8. The number of pyridine rings is 2. The number of hydrogen-bond acceptors (Lipinski definition) is 5. The summed E-state index contributed by atoms with van der Waals surface area (Å²) in [5, 5.41) is 3.15. The highest BCUT2D eigenvalue weighted by Gasteiger charge is 2.18. The summed E-state index contributed by atoms with van der Waals surface area (Å²) in [6.07, 6.45) is 1.54. The van der Waals surface area contributed by atoms with Gasteiger partial charge in [0.25, 0.3) is 5.91 Å². The Balaban J connectivity index is 2.08. The number of rotatable bonds is 5. The van der Waals surface area contributed by atoms with Gasteiger partial charge >= 0.3 is 0 Å². The van der Waals surface area contributed by atoms with Crippen molar-refractivity contribution in [2.45, 2.75) is 20.4 Å². The lowest BCUT2D eigenvalue weighted by Gasteiger charge is -2.13. The zero-order valence-electron chi connectivity index (χ0n) is 15.7. The van der Waals surface area contributed by atoms with Crippen molar-refractivity contribution in [3.05, 3.63) is 58.0 Å². The van der Waals surface area contributed by atoms with Gasteiger partial charge in [-0.1, -0.05) is 0 Å². The summed E-state index contributed by atoms with van der Waals surface area (Å²) in [4.78, 5) is 30.1. The third-order valence-corrected chi connectivity index (χ3v) is 4.30. The number of nitrogens with one attached hydrogen (secondary N) is 1. The van der Waals surface area contributed by atoms with E-state index in [-0.39, 0.29) is 11.0 Å². The minimum atomic E-state index is -0.517. The van der Waals surface area contributed by atoms with Crippen molar-refractivity contribution in [1.82, 2.24) is 9.55 Å². The molecule has 0 fully saturated rings. The molecule has 0 bridgehead atoms. The van der Waals surface area contributed by atoms with Crippen LogP contribution in [0.15, 0.2) is 41.3 Å². The maximum absolute atomic E-state index is 12.8. The van der Waals surface area contributed by atoms with Crippen LogP contribution in [-0.2, 0) is 6.54 Å². The maximum Gasteiger partial charge on any atom is 0.261 e. The summed E-state index contributed by atoms with van der Waals surface area (Å²) in [7, 11) is 3.04. The first-order valence-corrected chi connectivity index (χ1v) is 8.52. The Morgan fingerprint density at radius 2 is 1.96 bits per heavy atom. The fourth-order valence-electron chi connectivity index (χ4n) is 2.86. The first-order chi connectivity index (χ1) is 13.0. The Morgan fingerprint density at radius 1 is 1.19 bits per heavy atom. The highest BCUT2D eigenvalue weighted by atomic mass is 16.5. The van der Waals surface area contributed by atoms with Crippen LogP contribution >= 0.6 is 0 Å². The Kier molecular flexibility index (Phi) is 5.12. The van der Waals surface area contributed by atoms with Crippen molar-refractivity contribution in [3.8, 4) is 11.5 Å². The number of ether oxygens (including phenoxy) is 2. The van der Waals surface area contributed by atoms with Gasteiger partial charge in [-0.25, -0.2) is 4.98 Å². The summed E-state index contributed by atoms with van der Waals surface area (Å²) < 4.78 is 12.3. The molecule has 0 atom stereocenters. The summed E-state index contributed by atoms with van der Waals surface area (Å²) in [6.45, 7) is 4.37. The molecule has 7 nitrogen and oxygen atoms in total. The lowest BCUT2D eigenvalue weighted by molar-refractivity contribution is 0.102. The molecule has 1 amide bonds. The molecule has 0 aliphatic carbocycles. The number of aromatic nitrogens is 2. The number of methoxy groups -OCH3 is 2. The molecule has 27 heavy (non-hydrogen) atoms. The van der Waals surface area contributed by atoms with Crippen molar-refractivity contribution >= 4 is 22.6 Å². The molecule has 0 saturated heterocycles. The van der Waals surface area contributed by atoms with Crippen LogP contribution in [0.1, 0.15) is 23.0 Å². The van der Waals surface area contributed by atoms with Crippen LogP contribution in [0.4, 0.5) is 5.69 Å². The van der Waals surface area contributed by atoms with Crippen molar-refractivity contribution in [2.24, 2.45) is 0 Å². The number of fused-ring (bicyclic) bond motifs is 1. The average molecular weight is 367 g/mol. The summed E-state index contributed by atoms with van der Waals surface area (Å²) in [6, 6.07) is 8.51. The Hall–Kier alpha value is -3.35.